The molecule has 1 aromatic heterocycles. The monoisotopic (exact) mass is 522 g/mol. The normalized spacial score (nSPS) is 10.8. The highest BCUT2D eigenvalue weighted by molar-refractivity contribution is 14.1. The molecule has 154 valence electrons. The zero-order valence-corrected chi connectivity index (χ0v) is 17.9. The summed E-state index contributed by atoms with van der Waals surface area (Å²) in [6.45, 7) is 0.271. The second kappa shape index (κ2) is 9.96. The molecule has 0 unspecified atom stereocenters. The van der Waals surface area contributed by atoms with E-state index in [2.05, 4.69) is 38.1 Å². The number of nitrogens with one attached hydrogen (secondary N) is 1. The minimum absolute atomic E-state index is 0.0972. The first-order valence-electron chi connectivity index (χ1n) is 8.60. The van der Waals surface area contributed by atoms with Gasteiger partial charge in [-0.05, 0) is 64.0 Å². The Bertz CT molecular complexity index is 1060. The van der Waals surface area contributed by atoms with Crippen LogP contribution in [0.15, 0.2) is 59.8 Å². The van der Waals surface area contributed by atoms with Gasteiger partial charge in [0.05, 0.1) is 21.8 Å². The van der Waals surface area contributed by atoms with Crippen LogP contribution in [0.1, 0.15) is 11.1 Å². The van der Waals surface area contributed by atoms with Gasteiger partial charge >= 0.3 is 0 Å². The number of halogens is 2. The van der Waals surface area contributed by atoms with Crippen molar-refractivity contribution in [1.82, 2.24) is 4.98 Å². The van der Waals surface area contributed by atoms with E-state index in [1.165, 1.54) is 31.4 Å². The van der Waals surface area contributed by atoms with E-state index in [9.17, 15) is 14.5 Å². The number of pyridine rings is 1. The molecule has 0 amide bonds. The predicted octanol–water partition coefficient (Wildman–Crippen LogP) is 4.77. The molecule has 0 saturated heterocycles. The van der Waals surface area contributed by atoms with E-state index in [4.69, 9.17) is 9.47 Å². The first-order valence-corrected chi connectivity index (χ1v) is 9.68. The summed E-state index contributed by atoms with van der Waals surface area (Å²) in [5.41, 5.74) is 4.20. The van der Waals surface area contributed by atoms with E-state index >= 15 is 0 Å². The van der Waals surface area contributed by atoms with Crippen molar-refractivity contribution in [2.24, 2.45) is 5.10 Å². The molecule has 2 aromatic carbocycles. The molecule has 3 aromatic rings. The Morgan fingerprint density at radius 2 is 2.03 bits per heavy atom. The number of hydrogen-bond acceptors (Lipinski definition) is 7. The Kier molecular flexibility index (Phi) is 7.12. The first kappa shape index (κ1) is 21.4. The number of nitrogens with zero attached hydrogens (tertiary/aromatic N) is 3. The van der Waals surface area contributed by atoms with E-state index in [0.717, 1.165) is 20.9 Å². The maximum absolute atomic E-state index is 13.0. The van der Waals surface area contributed by atoms with E-state index < -0.39 is 4.92 Å². The Hall–Kier alpha value is -3.28. The predicted molar refractivity (Wildman–Crippen MR) is 119 cm³/mol. The SMILES string of the molecule is COc1cc(/C=N/Nc2ccc([N+](=O)[O-])cn2)cc(I)c1OCc1ccc(F)cc1. The number of ether oxygens (including phenoxy) is 2. The van der Waals surface area contributed by atoms with Crippen LogP contribution in [0.2, 0.25) is 0 Å². The van der Waals surface area contributed by atoms with Gasteiger partial charge in [-0.15, -0.1) is 0 Å². The van der Waals surface area contributed by atoms with Gasteiger partial charge in [-0.2, -0.15) is 5.10 Å². The van der Waals surface area contributed by atoms with Crippen molar-refractivity contribution in [3.05, 3.63) is 85.4 Å². The van der Waals surface area contributed by atoms with Crippen LogP contribution >= 0.6 is 22.6 Å². The molecule has 0 aliphatic carbocycles. The quantitative estimate of drug-likeness (QED) is 0.198. The van der Waals surface area contributed by atoms with Crippen LogP contribution in [0.3, 0.4) is 0 Å². The summed E-state index contributed by atoms with van der Waals surface area (Å²) in [6, 6.07) is 12.5. The topological polar surface area (TPSA) is 98.9 Å². The van der Waals surface area contributed by atoms with Gasteiger partial charge in [0.2, 0.25) is 0 Å². The van der Waals surface area contributed by atoms with E-state index in [1.807, 2.05) is 6.07 Å². The Morgan fingerprint density at radius 3 is 2.67 bits per heavy atom. The molecule has 0 saturated carbocycles. The van der Waals surface area contributed by atoms with Crippen molar-refractivity contribution in [1.29, 1.82) is 0 Å². The van der Waals surface area contributed by atoms with Crippen molar-refractivity contribution >= 4 is 40.3 Å². The molecule has 0 radical (unpaired) electrons. The van der Waals surface area contributed by atoms with E-state index in [1.54, 1.807) is 24.4 Å². The van der Waals surface area contributed by atoms with Gasteiger partial charge in [0.1, 0.15) is 24.4 Å². The van der Waals surface area contributed by atoms with Crippen LogP contribution in [0.25, 0.3) is 0 Å². The van der Waals surface area contributed by atoms with Gasteiger partial charge < -0.3 is 9.47 Å². The molecule has 8 nitrogen and oxygen atoms in total. The highest BCUT2D eigenvalue weighted by Crippen LogP contribution is 2.34. The lowest BCUT2D eigenvalue weighted by molar-refractivity contribution is -0.385. The van der Waals surface area contributed by atoms with E-state index in [-0.39, 0.29) is 18.1 Å². The number of nitro groups is 1. The third-order valence-corrected chi connectivity index (χ3v) is 4.70. The van der Waals surface area contributed by atoms with Crippen LogP contribution in [0.5, 0.6) is 11.5 Å². The minimum atomic E-state index is -0.520. The van der Waals surface area contributed by atoms with Crippen molar-refractivity contribution in [3.8, 4) is 11.5 Å². The van der Waals surface area contributed by atoms with Gasteiger partial charge in [0, 0.05) is 6.07 Å². The molecule has 10 heteroatoms. The molecule has 0 bridgehead atoms. The smallest absolute Gasteiger partial charge is 0.287 e. The zero-order chi connectivity index (χ0) is 21.5. The second-order valence-corrected chi connectivity index (χ2v) is 7.14. The summed E-state index contributed by atoms with van der Waals surface area (Å²) >= 11 is 2.13. The summed E-state index contributed by atoms with van der Waals surface area (Å²) in [4.78, 5) is 14.0. The van der Waals surface area contributed by atoms with Crippen LogP contribution < -0.4 is 14.9 Å². The van der Waals surface area contributed by atoms with Gasteiger partial charge in [-0.25, -0.2) is 9.37 Å². The highest BCUT2D eigenvalue weighted by atomic mass is 127. The van der Waals surface area contributed by atoms with Gasteiger partial charge in [0.25, 0.3) is 5.69 Å². The van der Waals surface area contributed by atoms with Crippen molar-refractivity contribution in [2.45, 2.75) is 6.61 Å². The van der Waals surface area contributed by atoms with Gasteiger partial charge in [-0.3, -0.25) is 15.5 Å². The van der Waals surface area contributed by atoms with Gasteiger partial charge in [0.15, 0.2) is 11.5 Å². The minimum Gasteiger partial charge on any atom is -0.493 e. The summed E-state index contributed by atoms with van der Waals surface area (Å²) in [5, 5.41) is 14.7. The number of hydrazone groups is 1. The molecular weight excluding hydrogens is 506 g/mol. The zero-order valence-electron chi connectivity index (χ0n) is 15.7. The number of benzene rings is 2. The largest absolute Gasteiger partial charge is 0.493 e. The van der Waals surface area contributed by atoms with E-state index in [0.29, 0.717) is 17.3 Å². The summed E-state index contributed by atoms with van der Waals surface area (Å²) in [7, 11) is 1.54. The molecule has 0 aliphatic heterocycles. The van der Waals surface area contributed by atoms with Crippen LogP contribution in [0.4, 0.5) is 15.9 Å². The fourth-order valence-electron chi connectivity index (χ4n) is 2.42. The lowest BCUT2D eigenvalue weighted by Crippen LogP contribution is -2.01. The second-order valence-electron chi connectivity index (χ2n) is 5.98. The average molecular weight is 522 g/mol. The molecular formula is C20H16FIN4O4. The molecule has 30 heavy (non-hydrogen) atoms. The number of aromatic nitrogens is 1. The lowest BCUT2D eigenvalue weighted by Gasteiger charge is -2.13. The Morgan fingerprint density at radius 1 is 1.27 bits per heavy atom. The van der Waals surface area contributed by atoms with Crippen LogP contribution in [0, 0.1) is 19.5 Å². The molecule has 1 heterocycles. The van der Waals surface area contributed by atoms with Crippen molar-refractivity contribution in [3.63, 3.8) is 0 Å². The Labute approximate surface area is 185 Å². The first-order chi connectivity index (χ1) is 14.5. The molecule has 0 spiro atoms. The Balaban J connectivity index is 1.68. The maximum Gasteiger partial charge on any atom is 0.287 e. The summed E-state index contributed by atoms with van der Waals surface area (Å²) in [6.07, 6.45) is 2.72. The standard InChI is InChI=1S/C20H16FIN4O4/c1-29-18-9-14(10-24-25-19-7-6-16(11-23-19)26(27)28)8-17(22)20(18)30-12-13-2-4-15(21)5-3-13/h2-11H,12H2,1H3,(H,23,25)/b24-10+. The molecule has 0 aliphatic rings. The number of hydrogen-bond donors (Lipinski definition) is 1. The fourth-order valence-corrected chi connectivity index (χ4v) is 3.20. The van der Waals surface area contributed by atoms with Gasteiger partial charge in [-0.1, -0.05) is 12.1 Å². The lowest BCUT2D eigenvalue weighted by atomic mass is 10.2. The molecule has 3 rings (SSSR count). The van der Waals surface area contributed by atoms with Crippen molar-refractivity contribution in [2.75, 3.05) is 12.5 Å². The van der Waals surface area contributed by atoms with Crippen molar-refractivity contribution < 1.29 is 18.8 Å². The molecule has 0 fully saturated rings. The fraction of sp³-hybridized carbons (Fsp3) is 0.100. The maximum atomic E-state index is 13.0. The molecule has 0 atom stereocenters. The van der Waals surface area contributed by atoms with Crippen LogP contribution in [-0.4, -0.2) is 23.2 Å². The molecule has 1 N–H and O–H groups in total. The number of methoxy groups -OCH3 is 1. The number of anilines is 1. The summed E-state index contributed by atoms with van der Waals surface area (Å²) < 4.78 is 25.1. The number of rotatable bonds is 8. The summed E-state index contributed by atoms with van der Waals surface area (Å²) in [5.74, 6) is 1.17. The third kappa shape index (κ3) is 5.63. The highest BCUT2D eigenvalue weighted by Gasteiger charge is 2.12. The van der Waals surface area contributed by atoms with Crippen LogP contribution in [-0.2, 0) is 6.61 Å². The average Bonchev–Trinajstić information content (AvgIpc) is 2.74. The third-order valence-electron chi connectivity index (χ3n) is 3.90.